The number of aryl methyl sites for hydroxylation is 1. The summed E-state index contributed by atoms with van der Waals surface area (Å²) in [4.78, 5) is 12.0. The number of benzene rings is 1. The van der Waals surface area contributed by atoms with E-state index in [1.807, 2.05) is 31.2 Å². The van der Waals surface area contributed by atoms with Crippen molar-refractivity contribution in [1.29, 1.82) is 0 Å². The van der Waals surface area contributed by atoms with Crippen LogP contribution in [-0.4, -0.2) is 24.2 Å². The largest absolute Gasteiger partial charge is 0.396 e. The molecule has 0 saturated heterocycles. The molecule has 1 unspecified atom stereocenters. The van der Waals surface area contributed by atoms with Gasteiger partial charge in [0.2, 0.25) is 0 Å². The third-order valence-corrected chi connectivity index (χ3v) is 3.11. The minimum atomic E-state index is 0.00380. The highest BCUT2D eigenvalue weighted by Crippen LogP contribution is 2.09. The lowest BCUT2D eigenvalue weighted by Gasteiger charge is -2.10. The third kappa shape index (κ3) is 4.49. The molecule has 3 nitrogen and oxygen atoms in total. The fourth-order valence-electron chi connectivity index (χ4n) is 1.89. The third-order valence-electron chi connectivity index (χ3n) is 3.11. The summed E-state index contributed by atoms with van der Waals surface area (Å²) < 4.78 is 0. The van der Waals surface area contributed by atoms with Crippen LogP contribution in [0.4, 0.5) is 0 Å². The first-order valence-corrected chi connectivity index (χ1v) is 6.66. The number of aliphatic hydroxyl groups excluding tert-OH is 1. The average molecular weight is 249 g/mol. The van der Waals surface area contributed by atoms with E-state index in [1.165, 1.54) is 0 Å². The van der Waals surface area contributed by atoms with Crippen molar-refractivity contribution in [3.63, 3.8) is 0 Å². The molecule has 0 aliphatic heterocycles. The lowest BCUT2D eigenvalue weighted by Crippen LogP contribution is -2.25. The molecule has 1 aromatic carbocycles. The maximum atomic E-state index is 12.0. The Hall–Kier alpha value is -1.35. The van der Waals surface area contributed by atoms with Crippen molar-refractivity contribution in [3.05, 3.63) is 35.4 Å². The van der Waals surface area contributed by atoms with Crippen molar-refractivity contribution in [3.8, 4) is 0 Å². The summed E-state index contributed by atoms with van der Waals surface area (Å²) in [7, 11) is 0. The summed E-state index contributed by atoms with van der Waals surface area (Å²) in [6, 6.07) is 7.70. The molecule has 2 N–H and O–H groups in total. The van der Waals surface area contributed by atoms with Gasteiger partial charge >= 0.3 is 0 Å². The van der Waals surface area contributed by atoms with Crippen molar-refractivity contribution in [2.75, 3.05) is 13.2 Å². The molecule has 1 aromatic rings. The number of hydrogen-bond acceptors (Lipinski definition) is 2. The first-order chi connectivity index (χ1) is 8.69. The molecule has 0 saturated carbocycles. The van der Waals surface area contributed by atoms with Crippen molar-refractivity contribution in [1.82, 2.24) is 5.32 Å². The standard InChI is InChI=1S/C15H23NO2/c1-3-13-8-4-5-9-14(13)15(18)16-10-6-7-12(2)11-17/h4-5,8-9,12,17H,3,6-7,10-11H2,1-2H3,(H,16,18). The molecular formula is C15H23NO2. The molecule has 1 rings (SSSR count). The second-order valence-electron chi connectivity index (χ2n) is 4.70. The van der Waals surface area contributed by atoms with E-state index in [4.69, 9.17) is 5.11 Å². The van der Waals surface area contributed by atoms with E-state index in [-0.39, 0.29) is 12.5 Å². The zero-order chi connectivity index (χ0) is 13.4. The van der Waals surface area contributed by atoms with Crippen LogP contribution in [0.5, 0.6) is 0 Å². The highest BCUT2D eigenvalue weighted by Gasteiger charge is 2.08. The number of aliphatic hydroxyl groups is 1. The maximum Gasteiger partial charge on any atom is 0.251 e. The first kappa shape index (κ1) is 14.7. The van der Waals surface area contributed by atoms with Crippen LogP contribution in [0.1, 0.15) is 42.6 Å². The fourth-order valence-corrected chi connectivity index (χ4v) is 1.89. The minimum Gasteiger partial charge on any atom is -0.396 e. The van der Waals surface area contributed by atoms with Gasteiger partial charge in [-0.05, 0) is 36.8 Å². The number of hydrogen-bond donors (Lipinski definition) is 2. The Bertz CT molecular complexity index is 377. The number of carbonyl (C=O) groups is 1. The van der Waals surface area contributed by atoms with E-state index in [1.54, 1.807) is 0 Å². The van der Waals surface area contributed by atoms with Crippen molar-refractivity contribution in [2.45, 2.75) is 33.1 Å². The molecule has 3 heteroatoms. The monoisotopic (exact) mass is 249 g/mol. The average Bonchev–Trinajstić information content (AvgIpc) is 2.42. The van der Waals surface area contributed by atoms with Crippen molar-refractivity contribution in [2.24, 2.45) is 5.92 Å². The van der Waals surface area contributed by atoms with Crippen LogP contribution in [0, 0.1) is 5.92 Å². The van der Waals surface area contributed by atoms with Crippen LogP contribution < -0.4 is 5.32 Å². The summed E-state index contributed by atoms with van der Waals surface area (Å²) in [5.41, 5.74) is 1.86. The number of carbonyl (C=O) groups excluding carboxylic acids is 1. The number of nitrogens with one attached hydrogen (secondary N) is 1. The van der Waals surface area contributed by atoms with Gasteiger partial charge in [-0.3, -0.25) is 4.79 Å². The molecule has 0 spiro atoms. The first-order valence-electron chi connectivity index (χ1n) is 6.66. The zero-order valence-electron chi connectivity index (χ0n) is 11.3. The second kappa shape index (κ2) is 7.88. The van der Waals surface area contributed by atoms with E-state index in [2.05, 4.69) is 12.2 Å². The smallest absolute Gasteiger partial charge is 0.251 e. The van der Waals surface area contributed by atoms with E-state index in [0.717, 1.165) is 30.4 Å². The second-order valence-corrected chi connectivity index (χ2v) is 4.70. The Kier molecular flexibility index (Phi) is 6.44. The predicted octanol–water partition coefficient (Wildman–Crippen LogP) is 2.39. The fraction of sp³-hybridized carbons (Fsp3) is 0.533. The van der Waals surface area contributed by atoms with Crippen LogP contribution in [0.2, 0.25) is 0 Å². The highest BCUT2D eigenvalue weighted by atomic mass is 16.3. The number of rotatable bonds is 7. The molecule has 0 heterocycles. The van der Waals surface area contributed by atoms with Gasteiger partial charge in [-0.25, -0.2) is 0 Å². The summed E-state index contributed by atoms with van der Waals surface area (Å²) in [5.74, 6) is 0.314. The van der Waals surface area contributed by atoms with Gasteiger partial charge in [0.15, 0.2) is 0 Å². The lowest BCUT2D eigenvalue weighted by atomic mass is 10.0. The summed E-state index contributed by atoms with van der Waals surface area (Å²) >= 11 is 0. The van der Waals surface area contributed by atoms with Gasteiger partial charge in [0, 0.05) is 18.7 Å². The molecule has 18 heavy (non-hydrogen) atoms. The van der Waals surface area contributed by atoms with Crippen molar-refractivity contribution < 1.29 is 9.90 Å². The molecule has 0 fully saturated rings. The molecule has 100 valence electrons. The molecule has 0 bridgehead atoms. The predicted molar refractivity (Wildman–Crippen MR) is 73.6 cm³/mol. The SMILES string of the molecule is CCc1ccccc1C(=O)NCCCC(C)CO. The van der Waals surface area contributed by atoms with E-state index in [9.17, 15) is 4.79 Å². The van der Waals surface area contributed by atoms with Crippen LogP contribution >= 0.6 is 0 Å². The lowest BCUT2D eigenvalue weighted by molar-refractivity contribution is 0.0951. The van der Waals surface area contributed by atoms with Gasteiger partial charge in [0.05, 0.1) is 0 Å². The summed E-state index contributed by atoms with van der Waals surface area (Å²) in [5, 5.41) is 11.8. The van der Waals surface area contributed by atoms with Gasteiger partial charge < -0.3 is 10.4 Å². The Morgan fingerprint density at radius 2 is 2.11 bits per heavy atom. The van der Waals surface area contributed by atoms with Crippen LogP contribution in [0.25, 0.3) is 0 Å². The van der Waals surface area contributed by atoms with Gasteiger partial charge in [0.1, 0.15) is 0 Å². The van der Waals surface area contributed by atoms with Crippen molar-refractivity contribution >= 4 is 5.91 Å². The molecule has 1 atom stereocenters. The van der Waals surface area contributed by atoms with E-state index < -0.39 is 0 Å². The normalized spacial score (nSPS) is 12.2. The Morgan fingerprint density at radius 1 is 1.39 bits per heavy atom. The van der Waals surface area contributed by atoms with Crippen LogP contribution in [0.3, 0.4) is 0 Å². The molecule has 0 aliphatic carbocycles. The Labute approximate surface area is 109 Å². The molecule has 0 radical (unpaired) electrons. The molecule has 0 aliphatic rings. The van der Waals surface area contributed by atoms with Gasteiger partial charge in [-0.2, -0.15) is 0 Å². The topological polar surface area (TPSA) is 49.3 Å². The minimum absolute atomic E-state index is 0.00380. The number of amides is 1. The zero-order valence-corrected chi connectivity index (χ0v) is 11.3. The van der Waals surface area contributed by atoms with Gasteiger partial charge in [0.25, 0.3) is 5.91 Å². The van der Waals surface area contributed by atoms with E-state index in [0.29, 0.717) is 12.5 Å². The highest BCUT2D eigenvalue weighted by molar-refractivity contribution is 5.95. The molecule has 1 amide bonds. The van der Waals surface area contributed by atoms with Gasteiger partial charge in [-0.15, -0.1) is 0 Å². The van der Waals surface area contributed by atoms with Crippen LogP contribution in [-0.2, 0) is 6.42 Å². The summed E-state index contributed by atoms with van der Waals surface area (Å²) in [6.45, 7) is 4.94. The summed E-state index contributed by atoms with van der Waals surface area (Å²) in [6.07, 6.45) is 2.71. The molecular weight excluding hydrogens is 226 g/mol. The molecule has 0 aromatic heterocycles. The Morgan fingerprint density at radius 3 is 2.78 bits per heavy atom. The quantitative estimate of drug-likeness (QED) is 0.729. The van der Waals surface area contributed by atoms with Gasteiger partial charge in [-0.1, -0.05) is 32.0 Å². The Balaban J connectivity index is 2.41. The maximum absolute atomic E-state index is 12.0. The van der Waals surface area contributed by atoms with Crippen LogP contribution in [0.15, 0.2) is 24.3 Å². The van der Waals surface area contributed by atoms with E-state index >= 15 is 0 Å².